The maximum Gasteiger partial charge on any atom is 0.237 e. The first-order valence-corrected chi connectivity index (χ1v) is 9.33. The number of aromatic nitrogens is 2. The maximum absolute atomic E-state index is 12.5. The Balaban J connectivity index is 2.14. The molecule has 2 rings (SSSR count). The molecule has 0 fully saturated rings. The number of aryl methyl sites for hydroxylation is 1. The van der Waals surface area contributed by atoms with E-state index in [1.165, 1.54) is 11.8 Å². The lowest BCUT2D eigenvalue weighted by Crippen LogP contribution is -2.24. The van der Waals surface area contributed by atoms with Crippen LogP contribution in [0.15, 0.2) is 41.7 Å². The fraction of sp³-hybridized carbons (Fsp3) is 0.368. The monoisotopic (exact) mass is 354 g/mol. The number of rotatable bonds is 8. The third-order valence-electron chi connectivity index (χ3n) is 3.67. The smallest absolute Gasteiger partial charge is 0.237 e. The molecule has 0 bridgehead atoms. The van der Waals surface area contributed by atoms with Crippen molar-refractivity contribution in [2.45, 2.75) is 49.8 Å². The molecule has 1 amide bonds. The highest BCUT2D eigenvalue weighted by atomic mass is 32.2. The highest BCUT2D eigenvalue weighted by molar-refractivity contribution is 8.00. The summed E-state index contributed by atoms with van der Waals surface area (Å²) in [4.78, 5) is 21.1. The van der Waals surface area contributed by atoms with Gasteiger partial charge in [0.15, 0.2) is 0 Å². The molecule has 0 aliphatic carbocycles. The van der Waals surface area contributed by atoms with Gasteiger partial charge in [0.05, 0.1) is 22.7 Å². The van der Waals surface area contributed by atoms with E-state index >= 15 is 0 Å². The van der Waals surface area contributed by atoms with Gasteiger partial charge in [-0.15, -0.1) is 0 Å². The lowest BCUT2D eigenvalue weighted by atomic mass is 10.2. The minimum Gasteiger partial charge on any atom is -0.324 e. The molecule has 25 heavy (non-hydrogen) atoms. The van der Waals surface area contributed by atoms with Gasteiger partial charge in [-0.05, 0) is 43.5 Å². The van der Waals surface area contributed by atoms with Crippen LogP contribution in [0.3, 0.4) is 0 Å². The van der Waals surface area contributed by atoms with Crippen molar-refractivity contribution < 1.29 is 4.79 Å². The SMILES string of the molecule is CCCCc1ccc(C#N)c(SC(CC)C(=O)Nc2cccnc2)n1. The summed E-state index contributed by atoms with van der Waals surface area (Å²) in [7, 11) is 0. The van der Waals surface area contributed by atoms with Crippen LogP contribution in [0, 0.1) is 11.3 Å². The van der Waals surface area contributed by atoms with Crippen LogP contribution < -0.4 is 5.32 Å². The summed E-state index contributed by atoms with van der Waals surface area (Å²) in [6, 6.07) is 9.44. The zero-order chi connectivity index (χ0) is 18.1. The summed E-state index contributed by atoms with van der Waals surface area (Å²) in [6.07, 6.45) is 6.94. The number of hydrogen-bond acceptors (Lipinski definition) is 5. The number of pyridine rings is 2. The topological polar surface area (TPSA) is 78.7 Å². The molecule has 6 heteroatoms. The third-order valence-corrected chi connectivity index (χ3v) is 5.04. The van der Waals surface area contributed by atoms with E-state index in [-0.39, 0.29) is 11.2 Å². The average molecular weight is 354 g/mol. The van der Waals surface area contributed by atoms with Crippen LogP contribution in [0.25, 0.3) is 0 Å². The number of anilines is 1. The summed E-state index contributed by atoms with van der Waals surface area (Å²) in [5.74, 6) is -0.106. The normalized spacial score (nSPS) is 11.6. The van der Waals surface area contributed by atoms with Crippen molar-refractivity contribution in [2.75, 3.05) is 5.32 Å². The van der Waals surface area contributed by atoms with Gasteiger partial charge in [0.2, 0.25) is 5.91 Å². The Kier molecular flexibility index (Phi) is 7.42. The third kappa shape index (κ3) is 5.57. The number of thioether (sulfide) groups is 1. The lowest BCUT2D eigenvalue weighted by molar-refractivity contribution is -0.115. The Morgan fingerprint density at radius 3 is 2.84 bits per heavy atom. The Bertz CT molecular complexity index is 743. The second-order valence-electron chi connectivity index (χ2n) is 5.62. The molecule has 0 spiro atoms. The molecule has 0 aliphatic heterocycles. The van der Waals surface area contributed by atoms with Crippen LogP contribution in [0.5, 0.6) is 0 Å². The van der Waals surface area contributed by atoms with Gasteiger partial charge >= 0.3 is 0 Å². The van der Waals surface area contributed by atoms with E-state index in [1.807, 2.05) is 13.0 Å². The van der Waals surface area contributed by atoms with E-state index in [1.54, 1.807) is 30.6 Å². The van der Waals surface area contributed by atoms with Gasteiger partial charge in [-0.2, -0.15) is 5.26 Å². The molecular formula is C19H22N4OS. The van der Waals surface area contributed by atoms with Crippen LogP contribution in [0.1, 0.15) is 44.4 Å². The molecule has 2 aromatic rings. The number of nitrogens with zero attached hydrogens (tertiary/aromatic N) is 3. The van der Waals surface area contributed by atoms with Crippen LogP contribution in [0.4, 0.5) is 5.69 Å². The average Bonchev–Trinajstić information content (AvgIpc) is 2.65. The molecule has 0 saturated carbocycles. The van der Waals surface area contributed by atoms with Gasteiger partial charge in [0.25, 0.3) is 0 Å². The van der Waals surface area contributed by atoms with E-state index < -0.39 is 0 Å². The Labute approximate surface area is 152 Å². The number of unbranched alkanes of at least 4 members (excludes halogenated alkanes) is 1. The van der Waals surface area contributed by atoms with Crippen molar-refractivity contribution in [1.29, 1.82) is 5.26 Å². The first-order chi connectivity index (χ1) is 12.2. The van der Waals surface area contributed by atoms with E-state index in [9.17, 15) is 10.1 Å². The molecule has 5 nitrogen and oxygen atoms in total. The van der Waals surface area contributed by atoms with Crippen molar-refractivity contribution >= 4 is 23.4 Å². The van der Waals surface area contributed by atoms with Gasteiger partial charge in [0, 0.05) is 11.9 Å². The largest absolute Gasteiger partial charge is 0.324 e. The highest BCUT2D eigenvalue weighted by Gasteiger charge is 2.21. The van der Waals surface area contributed by atoms with E-state index in [0.29, 0.717) is 22.7 Å². The predicted molar refractivity (Wildman–Crippen MR) is 100 cm³/mol. The quantitative estimate of drug-likeness (QED) is 0.719. The van der Waals surface area contributed by atoms with E-state index in [0.717, 1.165) is 25.0 Å². The molecule has 1 unspecified atom stereocenters. The first kappa shape index (κ1) is 18.9. The molecule has 2 aromatic heterocycles. The van der Waals surface area contributed by atoms with Crippen molar-refractivity contribution in [3.05, 3.63) is 47.9 Å². The number of nitriles is 1. The minimum atomic E-state index is -0.318. The molecule has 1 atom stereocenters. The van der Waals surface area contributed by atoms with Crippen molar-refractivity contribution in [2.24, 2.45) is 0 Å². The number of hydrogen-bond donors (Lipinski definition) is 1. The number of nitrogens with one attached hydrogen (secondary N) is 1. The Hall–Kier alpha value is -2.39. The van der Waals surface area contributed by atoms with Gasteiger partial charge in [-0.25, -0.2) is 4.98 Å². The molecule has 2 heterocycles. The number of amides is 1. The highest BCUT2D eigenvalue weighted by Crippen LogP contribution is 2.28. The molecule has 0 saturated heterocycles. The molecule has 0 aliphatic rings. The van der Waals surface area contributed by atoms with Crippen LogP contribution in [0.2, 0.25) is 0 Å². The fourth-order valence-corrected chi connectivity index (χ4v) is 3.28. The minimum absolute atomic E-state index is 0.106. The summed E-state index contributed by atoms with van der Waals surface area (Å²) >= 11 is 1.35. The molecule has 1 N–H and O–H groups in total. The molecular weight excluding hydrogens is 332 g/mol. The summed E-state index contributed by atoms with van der Waals surface area (Å²) < 4.78 is 0. The van der Waals surface area contributed by atoms with Crippen molar-refractivity contribution in [3.8, 4) is 6.07 Å². The van der Waals surface area contributed by atoms with Crippen LogP contribution in [-0.4, -0.2) is 21.1 Å². The van der Waals surface area contributed by atoms with Crippen molar-refractivity contribution in [3.63, 3.8) is 0 Å². The molecule has 0 radical (unpaired) electrons. The lowest BCUT2D eigenvalue weighted by Gasteiger charge is -2.15. The second-order valence-corrected chi connectivity index (χ2v) is 6.81. The molecule has 0 aromatic carbocycles. The van der Waals surface area contributed by atoms with Crippen molar-refractivity contribution in [1.82, 2.24) is 9.97 Å². The number of carbonyl (C=O) groups excluding carboxylic acids is 1. The maximum atomic E-state index is 12.5. The standard InChI is InChI=1S/C19H22N4OS/c1-3-5-7-15-10-9-14(12-20)19(23-15)25-17(4-2)18(24)22-16-8-6-11-21-13-16/h6,8-11,13,17H,3-5,7H2,1-2H3,(H,22,24). The Morgan fingerprint density at radius 1 is 1.36 bits per heavy atom. The predicted octanol–water partition coefficient (Wildman–Crippen LogP) is 4.20. The van der Waals surface area contributed by atoms with Crippen LogP contribution in [-0.2, 0) is 11.2 Å². The summed E-state index contributed by atoms with van der Waals surface area (Å²) in [5.41, 5.74) is 2.14. The zero-order valence-corrected chi connectivity index (χ0v) is 15.3. The summed E-state index contributed by atoms with van der Waals surface area (Å²) in [6.45, 7) is 4.09. The molecule has 130 valence electrons. The van der Waals surface area contributed by atoms with E-state index in [4.69, 9.17) is 0 Å². The van der Waals surface area contributed by atoms with Gasteiger partial charge in [0.1, 0.15) is 11.1 Å². The van der Waals surface area contributed by atoms with Gasteiger partial charge in [-0.3, -0.25) is 9.78 Å². The van der Waals surface area contributed by atoms with E-state index in [2.05, 4.69) is 28.3 Å². The zero-order valence-electron chi connectivity index (χ0n) is 14.5. The number of carbonyl (C=O) groups is 1. The Morgan fingerprint density at radius 2 is 2.20 bits per heavy atom. The summed E-state index contributed by atoms with van der Waals surface area (Å²) in [5, 5.41) is 12.5. The first-order valence-electron chi connectivity index (χ1n) is 8.45. The van der Waals surface area contributed by atoms with Crippen LogP contribution >= 0.6 is 11.8 Å². The van der Waals surface area contributed by atoms with Gasteiger partial charge < -0.3 is 5.32 Å². The van der Waals surface area contributed by atoms with Gasteiger partial charge in [-0.1, -0.05) is 32.0 Å². The second kappa shape index (κ2) is 9.80. The fourth-order valence-electron chi connectivity index (χ4n) is 2.27.